The number of hydrogen-bond acceptors (Lipinski definition) is 3. The Bertz CT molecular complexity index is 907. The molecule has 1 aliphatic rings. The van der Waals surface area contributed by atoms with E-state index in [1.165, 1.54) is 29.2 Å². The molecule has 0 saturated heterocycles. The van der Waals surface area contributed by atoms with Crippen LogP contribution in [0.1, 0.15) is 24.5 Å². The Morgan fingerprint density at radius 2 is 1.77 bits per heavy atom. The number of aryl methyl sites for hydroxylation is 1. The van der Waals surface area contributed by atoms with Gasteiger partial charge in [-0.3, -0.25) is 14.5 Å². The molecule has 0 aliphatic carbocycles. The van der Waals surface area contributed by atoms with Crippen LogP contribution in [0.2, 0.25) is 5.02 Å². The summed E-state index contributed by atoms with van der Waals surface area (Å²) in [5, 5.41) is 3.59. The first-order valence-electron chi connectivity index (χ1n) is 8.32. The summed E-state index contributed by atoms with van der Waals surface area (Å²) < 4.78 is 13.3. The number of carbonyl (C=O) groups excluding carboxylic acids is 2. The molecule has 0 aromatic heterocycles. The highest BCUT2D eigenvalue weighted by atomic mass is 35.5. The highest BCUT2D eigenvalue weighted by Crippen LogP contribution is 2.32. The third-order valence-corrected chi connectivity index (χ3v) is 4.44. The van der Waals surface area contributed by atoms with E-state index in [1.54, 1.807) is 12.1 Å². The zero-order valence-electron chi connectivity index (χ0n) is 14.5. The van der Waals surface area contributed by atoms with Gasteiger partial charge in [0.05, 0.1) is 5.57 Å². The Hall–Kier alpha value is -2.66. The minimum Gasteiger partial charge on any atom is -0.350 e. The SMILES string of the molecule is CCCN1C(=O)C(Nc2cc(Cl)ccc2C)=C(c2ccc(F)cc2)C1=O. The normalized spacial score (nSPS) is 14.4. The lowest BCUT2D eigenvalue weighted by Gasteiger charge is -2.14. The number of imide groups is 1. The van der Waals surface area contributed by atoms with Crippen molar-refractivity contribution in [2.45, 2.75) is 20.3 Å². The monoisotopic (exact) mass is 372 g/mol. The van der Waals surface area contributed by atoms with Crippen molar-refractivity contribution in [3.8, 4) is 0 Å². The molecule has 1 N–H and O–H groups in total. The summed E-state index contributed by atoms with van der Waals surface area (Å²) in [4.78, 5) is 26.9. The molecule has 6 heteroatoms. The number of benzene rings is 2. The van der Waals surface area contributed by atoms with Crippen molar-refractivity contribution in [3.63, 3.8) is 0 Å². The summed E-state index contributed by atoms with van der Waals surface area (Å²) in [5.74, 6) is -1.18. The van der Waals surface area contributed by atoms with Crippen molar-refractivity contribution in [3.05, 3.63) is 70.1 Å². The summed E-state index contributed by atoms with van der Waals surface area (Å²) in [6.45, 7) is 4.09. The number of nitrogens with zero attached hydrogens (tertiary/aromatic N) is 1. The highest BCUT2D eigenvalue weighted by Gasteiger charge is 2.38. The molecular formula is C20H18ClFN2O2. The first-order chi connectivity index (χ1) is 12.4. The van der Waals surface area contributed by atoms with Crippen LogP contribution in [0.3, 0.4) is 0 Å². The smallest absolute Gasteiger partial charge is 0.278 e. The largest absolute Gasteiger partial charge is 0.350 e. The summed E-state index contributed by atoms with van der Waals surface area (Å²) in [5.41, 5.74) is 2.44. The molecule has 0 radical (unpaired) electrons. The van der Waals surface area contributed by atoms with E-state index in [2.05, 4.69) is 5.32 Å². The molecule has 0 saturated carbocycles. The molecule has 26 heavy (non-hydrogen) atoms. The highest BCUT2D eigenvalue weighted by molar-refractivity contribution is 6.36. The Balaban J connectivity index is 2.10. The van der Waals surface area contributed by atoms with Crippen molar-refractivity contribution in [2.75, 3.05) is 11.9 Å². The molecule has 0 fully saturated rings. The summed E-state index contributed by atoms with van der Waals surface area (Å²) in [7, 11) is 0. The van der Waals surface area contributed by atoms with Crippen molar-refractivity contribution in [2.24, 2.45) is 0 Å². The van der Waals surface area contributed by atoms with E-state index in [0.29, 0.717) is 29.2 Å². The lowest BCUT2D eigenvalue weighted by molar-refractivity contribution is -0.136. The molecule has 2 amide bonds. The van der Waals surface area contributed by atoms with Crippen LogP contribution >= 0.6 is 11.6 Å². The number of amides is 2. The minimum atomic E-state index is -0.406. The summed E-state index contributed by atoms with van der Waals surface area (Å²) in [6.07, 6.45) is 0.650. The summed E-state index contributed by atoms with van der Waals surface area (Å²) >= 11 is 6.06. The quantitative estimate of drug-likeness (QED) is 0.792. The van der Waals surface area contributed by atoms with Gasteiger partial charge in [-0.15, -0.1) is 0 Å². The second-order valence-corrected chi connectivity index (χ2v) is 6.54. The third-order valence-electron chi connectivity index (χ3n) is 4.21. The number of carbonyl (C=O) groups is 2. The first-order valence-corrected chi connectivity index (χ1v) is 8.69. The number of nitrogens with one attached hydrogen (secondary N) is 1. The van der Waals surface area contributed by atoms with Crippen LogP contribution in [0.25, 0.3) is 5.57 Å². The Kier molecular flexibility index (Phi) is 5.09. The van der Waals surface area contributed by atoms with E-state index in [0.717, 1.165) is 5.56 Å². The molecular weight excluding hydrogens is 355 g/mol. The standard InChI is InChI=1S/C20H18ClFN2O2/c1-3-10-24-19(25)17(13-5-8-15(22)9-6-13)18(20(24)26)23-16-11-14(21)7-4-12(16)2/h4-9,11,23H,3,10H2,1-2H3. The van der Waals surface area contributed by atoms with Gasteiger partial charge in [-0.05, 0) is 48.7 Å². The fourth-order valence-corrected chi connectivity index (χ4v) is 3.04. The molecule has 0 atom stereocenters. The average molecular weight is 373 g/mol. The Morgan fingerprint density at radius 3 is 2.42 bits per heavy atom. The van der Waals surface area contributed by atoms with Gasteiger partial charge < -0.3 is 5.32 Å². The molecule has 1 aliphatic heterocycles. The van der Waals surface area contributed by atoms with E-state index < -0.39 is 11.7 Å². The van der Waals surface area contributed by atoms with Gasteiger partial charge in [-0.2, -0.15) is 0 Å². The maximum Gasteiger partial charge on any atom is 0.278 e. The van der Waals surface area contributed by atoms with E-state index in [9.17, 15) is 14.0 Å². The molecule has 3 rings (SSSR count). The molecule has 0 bridgehead atoms. The van der Waals surface area contributed by atoms with Gasteiger partial charge in [0.15, 0.2) is 0 Å². The van der Waals surface area contributed by atoms with E-state index >= 15 is 0 Å². The van der Waals surface area contributed by atoms with E-state index in [4.69, 9.17) is 11.6 Å². The van der Waals surface area contributed by atoms with Crippen LogP contribution < -0.4 is 5.32 Å². The average Bonchev–Trinajstić information content (AvgIpc) is 2.84. The number of anilines is 1. The van der Waals surface area contributed by atoms with Crippen molar-refractivity contribution in [1.82, 2.24) is 4.90 Å². The van der Waals surface area contributed by atoms with Crippen LogP contribution in [-0.4, -0.2) is 23.3 Å². The second kappa shape index (κ2) is 7.30. The van der Waals surface area contributed by atoms with E-state index in [-0.39, 0.29) is 17.2 Å². The van der Waals surface area contributed by atoms with Gasteiger partial charge in [0.1, 0.15) is 11.5 Å². The van der Waals surface area contributed by atoms with Crippen LogP contribution in [0.5, 0.6) is 0 Å². The van der Waals surface area contributed by atoms with Crippen molar-refractivity contribution >= 4 is 34.7 Å². The van der Waals surface area contributed by atoms with Crippen LogP contribution in [0, 0.1) is 12.7 Å². The molecule has 134 valence electrons. The Morgan fingerprint density at radius 1 is 1.08 bits per heavy atom. The fraction of sp³-hybridized carbons (Fsp3) is 0.200. The van der Waals surface area contributed by atoms with Crippen LogP contribution in [-0.2, 0) is 9.59 Å². The van der Waals surface area contributed by atoms with Crippen molar-refractivity contribution in [1.29, 1.82) is 0 Å². The molecule has 4 nitrogen and oxygen atoms in total. The van der Waals surface area contributed by atoms with Crippen LogP contribution in [0.4, 0.5) is 10.1 Å². The molecule has 1 heterocycles. The molecule has 0 spiro atoms. The maximum atomic E-state index is 13.3. The lowest BCUT2D eigenvalue weighted by Crippen LogP contribution is -2.33. The molecule has 0 unspecified atom stereocenters. The number of hydrogen-bond donors (Lipinski definition) is 1. The number of rotatable bonds is 5. The van der Waals surface area contributed by atoms with E-state index in [1.807, 2.05) is 19.9 Å². The van der Waals surface area contributed by atoms with Crippen LogP contribution in [0.15, 0.2) is 48.2 Å². The van der Waals surface area contributed by atoms with Gasteiger partial charge >= 0.3 is 0 Å². The van der Waals surface area contributed by atoms with Gasteiger partial charge in [0.2, 0.25) is 0 Å². The number of halogens is 2. The molecule has 2 aromatic rings. The maximum absolute atomic E-state index is 13.3. The first kappa shape index (κ1) is 18.1. The van der Waals surface area contributed by atoms with Gasteiger partial charge in [0.25, 0.3) is 11.8 Å². The van der Waals surface area contributed by atoms with Gasteiger partial charge in [-0.25, -0.2) is 4.39 Å². The minimum absolute atomic E-state index is 0.181. The van der Waals surface area contributed by atoms with Gasteiger partial charge in [0, 0.05) is 17.3 Å². The topological polar surface area (TPSA) is 49.4 Å². The Labute approximate surface area is 156 Å². The fourth-order valence-electron chi connectivity index (χ4n) is 2.87. The zero-order valence-corrected chi connectivity index (χ0v) is 15.2. The predicted molar refractivity (Wildman–Crippen MR) is 100 cm³/mol. The van der Waals surface area contributed by atoms with Crippen molar-refractivity contribution < 1.29 is 14.0 Å². The summed E-state index contributed by atoms with van der Waals surface area (Å²) in [6, 6.07) is 10.8. The second-order valence-electron chi connectivity index (χ2n) is 6.10. The zero-order chi connectivity index (χ0) is 18.8. The van der Waals surface area contributed by atoms with Gasteiger partial charge in [-0.1, -0.05) is 36.7 Å². The predicted octanol–water partition coefficient (Wildman–Crippen LogP) is 4.39. The third kappa shape index (κ3) is 3.35. The molecule has 2 aromatic carbocycles. The lowest BCUT2D eigenvalue weighted by atomic mass is 10.0.